The maximum atomic E-state index is 8.41. The minimum Gasteiger partial charge on any atom is -0.332 e. The van der Waals surface area contributed by atoms with Crippen LogP contribution in [0.2, 0.25) is 0 Å². The summed E-state index contributed by atoms with van der Waals surface area (Å²) in [6.45, 7) is 1.15. The van der Waals surface area contributed by atoms with Crippen LogP contribution < -0.4 is 5.32 Å². The van der Waals surface area contributed by atoms with E-state index < -0.39 is 0 Å². The molecule has 1 aliphatic rings. The van der Waals surface area contributed by atoms with Crippen molar-refractivity contribution in [3.63, 3.8) is 0 Å². The molecule has 1 unspecified atom stereocenters. The summed E-state index contributed by atoms with van der Waals surface area (Å²) in [7, 11) is 0. The van der Waals surface area contributed by atoms with Crippen molar-refractivity contribution in [3.05, 3.63) is 0 Å². The summed E-state index contributed by atoms with van der Waals surface area (Å²) >= 11 is 0. The molecule has 0 radical (unpaired) electrons. The van der Waals surface area contributed by atoms with Gasteiger partial charge in [0, 0.05) is 6.42 Å². The molecule has 1 rings (SSSR count). The van der Waals surface area contributed by atoms with E-state index in [0.717, 1.165) is 13.0 Å². The van der Waals surface area contributed by atoms with Gasteiger partial charge in [-0.1, -0.05) is 0 Å². The van der Waals surface area contributed by atoms with Crippen molar-refractivity contribution in [1.29, 1.82) is 5.26 Å². The summed E-state index contributed by atoms with van der Waals surface area (Å²) in [5, 5.41) is 10.5. The van der Waals surface area contributed by atoms with Crippen LogP contribution in [0.3, 0.4) is 0 Å². The highest BCUT2D eigenvalue weighted by atomic mass is 14.9. The van der Waals surface area contributed by atoms with Gasteiger partial charge in [0.25, 0.3) is 0 Å². The van der Waals surface area contributed by atoms with Crippen LogP contribution in [0.1, 0.15) is 19.3 Å². The summed E-state index contributed by atoms with van der Waals surface area (Å²) in [5.74, 6) is 0. The first-order valence-electron chi connectivity index (χ1n) is 3.16. The van der Waals surface area contributed by atoms with Gasteiger partial charge in [-0.05, 0) is 12.8 Å². The van der Waals surface area contributed by atoms with Crippen molar-refractivity contribution in [2.24, 2.45) is 0 Å². The van der Waals surface area contributed by atoms with E-state index in [1.165, 1.54) is 12.8 Å². The zero-order valence-corrected chi connectivity index (χ0v) is 4.93. The molecule has 8 heavy (non-hydrogen) atoms. The number of nitrogens with two attached hydrogens (primary N) is 1. The van der Waals surface area contributed by atoms with Gasteiger partial charge in [0.2, 0.25) is 0 Å². The monoisotopic (exact) mass is 111 g/mol. The van der Waals surface area contributed by atoms with Gasteiger partial charge in [-0.3, -0.25) is 0 Å². The number of quaternary nitrogens is 1. The Kier molecular flexibility index (Phi) is 1.87. The second-order valence-electron chi connectivity index (χ2n) is 2.26. The van der Waals surface area contributed by atoms with Crippen LogP contribution in [-0.4, -0.2) is 12.6 Å². The number of hydrogen-bond acceptors (Lipinski definition) is 1. The fraction of sp³-hybridized carbons (Fsp3) is 0.833. The number of hydrogen-bond donors (Lipinski definition) is 1. The lowest BCUT2D eigenvalue weighted by molar-refractivity contribution is -0.685. The Morgan fingerprint density at radius 2 is 2.38 bits per heavy atom. The topological polar surface area (TPSA) is 40.4 Å². The lowest BCUT2D eigenvalue weighted by atomic mass is 10.1. The summed E-state index contributed by atoms with van der Waals surface area (Å²) < 4.78 is 0. The first-order valence-corrected chi connectivity index (χ1v) is 3.16. The molecular weight excluding hydrogens is 100 g/mol. The molecule has 0 amide bonds. The molecule has 0 saturated carbocycles. The van der Waals surface area contributed by atoms with Gasteiger partial charge in [-0.2, -0.15) is 5.26 Å². The third-order valence-electron chi connectivity index (χ3n) is 1.59. The molecule has 44 valence electrons. The average Bonchev–Trinajstić information content (AvgIpc) is 1.90. The van der Waals surface area contributed by atoms with E-state index >= 15 is 0 Å². The first kappa shape index (κ1) is 5.58. The Balaban J connectivity index is 2.25. The van der Waals surface area contributed by atoms with E-state index in [4.69, 9.17) is 5.26 Å². The molecule has 0 aromatic rings. The maximum Gasteiger partial charge on any atom is 0.173 e. The minimum absolute atomic E-state index is 0.267. The lowest BCUT2D eigenvalue weighted by Crippen LogP contribution is -2.91. The summed E-state index contributed by atoms with van der Waals surface area (Å²) in [6, 6.07) is 2.52. The molecule has 1 heterocycles. The van der Waals surface area contributed by atoms with Crippen molar-refractivity contribution in [3.8, 4) is 6.07 Å². The lowest BCUT2D eigenvalue weighted by Gasteiger charge is -2.12. The zero-order valence-electron chi connectivity index (χ0n) is 4.93. The standard InChI is InChI=1S/C6H10N2/c7-5-6-3-1-2-4-8-6/h6,8H,1-4H2/p+1. The van der Waals surface area contributed by atoms with Gasteiger partial charge in [-0.15, -0.1) is 0 Å². The smallest absolute Gasteiger partial charge is 0.173 e. The summed E-state index contributed by atoms with van der Waals surface area (Å²) in [6.07, 6.45) is 3.63. The molecule has 1 aliphatic heterocycles. The molecule has 2 N–H and O–H groups in total. The van der Waals surface area contributed by atoms with Crippen LogP contribution in [0.15, 0.2) is 0 Å². The van der Waals surface area contributed by atoms with E-state index in [2.05, 4.69) is 11.4 Å². The fourth-order valence-electron chi connectivity index (χ4n) is 1.06. The van der Waals surface area contributed by atoms with E-state index in [0.29, 0.717) is 0 Å². The third-order valence-corrected chi connectivity index (χ3v) is 1.59. The highest BCUT2D eigenvalue weighted by Crippen LogP contribution is 1.98. The Morgan fingerprint density at radius 1 is 1.50 bits per heavy atom. The van der Waals surface area contributed by atoms with E-state index in [1.54, 1.807) is 0 Å². The van der Waals surface area contributed by atoms with Crippen LogP contribution in [0, 0.1) is 11.3 Å². The Labute approximate surface area is 49.5 Å². The minimum atomic E-state index is 0.267. The van der Waals surface area contributed by atoms with Crippen molar-refractivity contribution >= 4 is 0 Å². The van der Waals surface area contributed by atoms with Crippen LogP contribution in [0.4, 0.5) is 0 Å². The molecule has 2 nitrogen and oxygen atoms in total. The van der Waals surface area contributed by atoms with E-state index in [1.807, 2.05) is 0 Å². The van der Waals surface area contributed by atoms with Crippen LogP contribution >= 0.6 is 0 Å². The van der Waals surface area contributed by atoms with Gasteiger partial charge in [0.05, 0.1) is 6.54 Å². The fourth-order valence-corrected chi connectivity index (χ4v) is 1.06. The summed E-state index contributed by atoms with van der Waals surface area (Å²) in [5.41, 5.74) is 0. The average molecular weight is 111 g/mol. The predicted octanol–water partition coefficient (Wildman–Crippen LogP) is -0.374. The second kappa shape index (κ2) is 2.68. The predicted molar refractivity (Wildman–Crippen MR) is 30.0 cm³/mol. The Bertz CT molecular complexity index is 97.6. The molecule has 1 saturated heterocycles. The second-order valence-corrected chi connectivity index (χ2v) is 2.26. The zero-order chi connectivity index (χ0) is 5.82. The van der Waals surface area contributed by atoms with Gasteiger partial charge in [-0.25, -0.2) is 0 Å². The third kappa shape index (κ3) is 1.21. The molecule has 1 fully saturated rings. The normalized spacial score (nSPS) is 29.1. The van der Waals surface area contributed by atoms with Crippen LogP contribution in [0.25, 0.3) is 0 Å². The van der Waals surface area contributed by atoms with Gasteiger partial charge in [0.15, 0.2) is 6.04 Å². The number of nitrogens with zero attached hydrogens (tertiary/aromatic N) is 1. The molecule has 2 heteroatoms. The molecule has 1 atom stereocenters. The van der Waals surface area contributed by atoms with Gasteiger partial charge < -0.3 is 5.32 Å². The maximum absolute atomic E-state index is 8.41. The van der Waals surface area contributed by atoms with Crippen molar-refractivity contribution in [2.75, 3.05) is 6.54 Å². The number of nitriles is 1. The first-order chi connectivity index (χ1) is 3.93. The van der Waals surface area contributed by atoms with Crippen LogP contribution in [-0.2, 0) is 0 Å². The Hall–Kier alpha value is -0.550. The highest BCUT2D eigenvalue weighted by molar-refractivity contribution is 4.82. The largest absolute Gasteiger partial charge is 0.332 e. The van der Waals surface area contributed by atoms with Gasteiger partial charge >= 0.3 is 0 Å². The van der Waals surface area contributed by atoms with Gasteiger partial charge in [0.1, 0.15) is 6.07 Å². The molecule has 0 bridgehead atoms. The summed E-state index contributed by atoms with van der Waals surface area (Å²) in [4.78, 5) is 0. The highest BCUT2D eigenvalue weighted by Gasteiger charge is 2.13. The molecule has 0 aliphatic carbocycles. The van der Waals surface area contributed by atoms with E-state index in [-0.39, 0.29) is 6.04 Å². The molecule has 0 aromatic heterocycles. The van der Waals surface area contributed by atoms with Crippen molar-refractivity contribution < 1.29 is 5.32 Å². The van der Waals surface area contributed by atoms with E-state index in [9.17, 15) is 0 Å². The quantitative estimate of drug-likeness (QED) is 0.455. The SMILES string of the molecule is N#CC1CCCC[NH2+]1. The Morgan fingerprint density at radius 3 is 2.75 bits per heavy atom. The van der Waals surface area contributed by atoms with Crippen molar-refractivity contribution in [1.82, 2.24) is 0 Å². The number of rotatable bonds is 0. The van der Waals surface area contributed by atoms with Crippen LogP contribution in [0.5, 0.6) is 0 Å². The molecule has 0 aromatic carbocycles. The molecular formula is C6H11N2+. The number of piperidine rings is 1. The molecule has 0 spiro atoms. The van der Waals surface area contributed by atoms with Crippen molar-refractivity contribution in [2.45, 2.75) is 25.3 Å².